The summed E-state index contributed by atoms with van der Waals surface area (Å²) >= 11 is 3.80. The topological polar surface area (TPSA) is 116 Å². The molecule has 4 aliphatic carbocycles. The van der Waals surface area contributed by atoms with E-state index in [1.54, 1.807) is 0 Å². The Bertz CT molecular complexity index is 8600. The third-order valence-electron chi connectivity index (χ3n) is 28.5. The van der Waals surface area contributed by atoms with Crippen molar-refractivity contribution < 1.29 is 0 Å². The molecule has 5 aromatic heterocycles. The predicted octanol–water partition coefficient (Wildman–Crippen LogP) is 32.8. The van der Waals surface area contributed by atoms with Crippen molar-refractivity contribution >= 4 is 63.0 Å². The summed E-state index contributed by atoms with van der Waals surface area (Å²) in [5.74, 6) is 6.00. The van der Waals surface area contributed by atoms with Crippen molar-refractivity contribution in [2.24, 2.45) is 0 Å². The molecule has 23 aromatic rings. The summed E-state index contributed by atoms with van der Waals surface area (Å²) in [6.45, 7) is 14.1. The zero-order valence-corrected chi connectivity index (χ0v) is 78.5. The summed E-state index contributed by atoms with van der Waals surface area (Å²) < 4.78 is 5.35. The number of fused-ring (bicyclic) bond motifs is 20. The molecule has 5 heterocycles. The number of nitrogens with zero attached hydrogens (tertiary/aromatic N) is 9. The summed E-state index contributed by atoms with van der Waals surface area (Å²) in [4.78, 5) is 44.1. The van der Waals surface area contributed by atoms with Gasteiger partial charge >= 0.3 is 0 Å². The first-order chi connectivity index (χ1) is 67.6. The highest BCUT2D eigenvalue weighted by molar-refractivity contribution is 7.26. The van der Waals surface area contributed by atoms with Crippen LogP contribution in [0.5, 0.6) is 0 Å². The molecule has 27 rings (SSSR count). The average molecular weight is 1810 g/mol. The van der Waals surface area contributed by atoms with Gasteiger partial charge in [-0.05, 0) is 160 Å². The number of benzene rings is 18. The molecule has 18 aromatic carbocycles. The maximum atomic E-state index is 4.96. The minimum Gasteiger partial charge on any atom is -0.208 e. The Hall–Kier alpha value is -16.6. The lowest BCUT2D eigenvalue weighted by molar-refractivity contribution is 0.660. The fourth-order valence-corrected chi connectivity index (χ4v) is 23.8. The molecular formula is C127H89N9S2. The molecule has 9 nitrogen and oxygen atoms in total. The number of thiophene rings is 2. The Balaban J connectivity index is 0.000000110. The molecule has 0 saturated carbocycles. The van der Waals surface area contributed by atoms with E-state index in [2.05, 4.69) is 278 Å². The van der Waals surface area contributed by atoms with E-state index in [-0.39, 0.29) is 16.2 Å². The van der Waals surface area contributed by atoms with Gasteiger partial charge in [0.05, 0.1) is 0 Å². The van der Waals surface area contributed by atoms with Crippen LogP contribution in [0, 0.1) is 0 Å². The lowest BCUT2D eigenvalue weighted by Crippen LogP contribution is -2.14. The van der Waals surface area contributed by atoms with E-state index in [1.807, 2.05) is 205 Å². The third-order valence-corrected chi connectivity index (χ3v) is 30.9. The average Bonchev–Trinajstić information content (AvgIpc) is 1.56. The van der Waals surface area contributed by atoms with Crippen molar-refractivity contribution in [3.05, 3.63) is 463 Å². The lowest BCUT2D eigenvalue weighted by Gasteiger charge is -2.21. The quantitative estimate of drug-likeness (QED) is 0.118. The molecule has 0 saturated heterocycles. The van der Waals surface area contributed by atoms with Crippen LogP contribution in [0.25, 0.3) is 221 Å². The molecule has 138 heavy (non-hydrogen) atoms. The fraction of sp³-hybridized carbons (Fsp3) is 0.0787. The standard InChI is InChI=1S/C43H31N3.2C42H29N3S/c1-43(2)37-19-10-9-18-34(37)39-36-26-31-21-20-30(25-35(31)33(36)22-23-38(39)43)29-16-11-17-32(24-29)42-45-40(27-12-5-3-6-13-27)44-41(46-42)28-14-7-4-8-15-28;1-42(2)35-19-10-9-16-31(35)33-25-37-34(24-36(33)42)32-18-11-17-30(38(32)46-37)26-20-22-29(23-21-26)41-44-39(27-12-5-3-6-13-27)43-40(45-41)28-14-7-4-8-15-28;1-42(2)34-16-10-9-15-32(34)37-35(42)23-22-31-33-25-30(21-24-36(33)46-38(31)37)26-17-19-29(20-18-26)41-44-39(27-11-5-3-6-12-27)43-40(45-41)28-13-7-4-8-14-28/h3-25H,26H2,1-2H3;2*3-25H,1-2H3. The van der Waals surface area contributed by atoms with Crippen molar-refractivity contribution in [3.63, 3.8) is 0 Å². The molecule has 0 unspecified atom stereocenters. The zero-order chi connectivity index (χ0) is 92.5. The monoisotopic (exact) mass is 1800 g/mol. The Morgan fingerprint density at radius 2 is 0.522 bits per heavy atom. The molecule has 0 atom stereocenters. The van der Waals surface area contributed by atoms with Crippen molar-refractivity contribution in [1.82, 2.24) is 44.9 Å². The van der Waals surface area contributed by atoms with Crippen molar-refractivity contribution in [2.45, 2.75) is 64.2 Å². The van der Waals surface area contributed by atoms with Crippen LogP contribution in [0.4, 0.5) is 0 Å². The molecule has 0 fully saturated rings. The van der Waals surface area contributed by atoms with Gasteiger partial charge in [-0.25, -0.2) is 44.9 Å². The fourth-order valence-electron chi connectivity index (χ4n) is 21.3. The van der Waals surface area contributed by atoms with Gasteiger partial charge in [-0.1, -0.05) is 424 Å². The Kier molecular flexibility index (Phi) is 20.2. The summed E-state index contributed by atoms with van der Waals surface area (Å²) in [6.07, 6.45) is 0.966. The van der Waals surface area contributed by atoms with Gasteiger partial charge in [-0.2, -0.15) is 0 Å². The summed E-state index contributed by atoms with van der Waals surface area (Å²) in [5, 5.41) is 5.29. The molecule has 0 N–H and O–H groups in total. The van der Waals surface area contributed by atoms with Gasteiger partial charge in [0, 0.05) is 112 Å². The van der Waals surface area contributed by atoms with Crippen LogP contribution in [0.2, 0.25) is 0 Å². The van der Waals surface area contributed by atoms with Crippen molar-refractivity contribution in [3.8, 4) is 180 Å². The Labute approximate surface area is 809 Å². The highest BCUT2D eigenvalue weighted by Crippen LogP contribution is 2.58. The van der Waals surface area contributed by atoms with Gasteiger partial charge in [0.1, 0.15) is 0 Å². The van der Waals surface area contributed by atoms with Crippen LogP contribution in [-0.4, -0.2) is 44.9 Å². The Morgan fingerprint density at radius 1 is 0.181 bits per heavy atom. The van der Waals surface area contributed by atoms with Gasteiger partial charge < -0.3 is 0 Å². The summed E-state index contributed by atoms with van der Waals surface area (Å²) in [5.41, 5.74) is 38.2. The van der Waals surface area contributed by atoms with Crippen LogP contribution in [-0.2, 0) is 22.7 Å². The molecule has 0 spiro atoms. The molecule has 11 heteroatoms. The van der Waals surface area contributed by atoms with Gasteiger partial charge in [-0.15, -0.1) is 22.7 Å². The number of rotatable bonds is 12. The molecule has 4 aliphatic rings. The molecule has 0 radical (unpaired) electrons. The maximum absolute atomic E-state index is 4.96. The van der Waals surface area contributed by atoms with Gasteiger partial charge in [-0.3, -0.25) is 0 Å². The number of aromatic nitrogens is 9. The molecular weight excluding hydrogens is 1720 g/mol. The second kappa shape index (κ2) is 33.5. The largest absolute Gasteiger partial charge is 0.208 e. The van der Waals surface area contributed by atoms with Crippen LogP contribution < -0.4 is 0 Å². The minimum atomic E-state index is -0.0163. The van der Waals surface area contributed by atoms with Gasteiger partial charge in [0.25, 0.3) is 0 Å². The smallest absolute Gasteiger partial charge is 0.164 e. The van der Waals surface area contributed by atoms with E-state index >= 15 is 0 Å². The third kappa shape index (κ3) is 14.5. The minimum absolute atomic E-state index is 0.00540. The zero-order valence-electron chi connectivity index (χ0n) is 76.9. The van der Waals surface area contributed by atoms with Crippen molar-refractivity contribution in [2.75, 3.05) is 0 Å². The lowest BCUT2D eigenvalue weighted by atomic mass is 9.82. The van der Waals surface area contributed by atoms with Crippen LogP contribution in [0.15, 0.2) is 419 Å². The SMILES string of the molecule is CC1(C)c2ccccc2-c2c1ccc1c2Cc2ccc(-c3cccc(-c4nc(-c5ccccc5)nc(-c5ccccc5)n4)c3)cc2-1.CC1(C)c2ccccc2-c2c1ccc1c2sc2ccc(-c3ccc(-c4nc(-c5ccccc5)nc(-c5ccccc5)n4)cc3)cc21.CC1(C)c2ccccc2-c2cc3sc4c(-c5ccc(-c6nc(-c7ccccc7)nc(-c7ccccc7)n6)cc5)cccc4c3cc21. The van der Waals surface area contributed by atoms with Crippen molar-refractivity contribution in [1.29, 1.82) is 0 Å². The normalized spacial score (nSPS) is 13.3. The first-order valence-corrected chi connectivity index (χ1v) is 48.8. The molecule has 0 bridgehead atoms. The molecule has 0 amide bonds. The van der Waals surface area contributed by atoms with E-state index in [4.69, 9.17) is 44.9 Å². The van der Waals surface area contributed by atoms with E-state index in [1.165, 1.54) is 157 Å². The first kappa shape index (κ1) is 83.3. The number of hydrogen-bond donors (Lipinski definition) is 0. The number of hydrogen-bond acceptors (Lipinski definition) is 11. The molecule has 0 aliphatic heterocycles. The highest BCUT2D eigenvalue weighted by Gasteiger charge is 2.41. The van der Waals surface area contributed by atoms with E-state index in [0.29, 0.717) is 52.4 Å². The van der Waals surface area contributed by atoms with Crippen LogP contribution in [0.3, 0.4) is 0 Å². The first-order valence-electron chi connectivity index (χ1n) is 47.2. The Morgan fingerprint density at radius 3 is 1.03 bits per heavy atom. The summed E-state index contributed by atoms with van der Waals surface area (Å²) in [7, 11) is 0. The predicted molar refractivity (Wildman–Crippen MR) is 571 cm³/mol. The van der Waals surface area contributed by atoms with Crippen LogP contribution >= 0.6 is 22.7 Å². The van der Waals surface area contributed by atoms with Crippen LogP contribution in [0.1, 0.15) is 86.1 Å². The molecule has 654 valence electrons. The van der Waals surface area contributed by atoms with E-state index in [0.717, 1.165) is 62.1 Å². The van der Waals surface area contributed by atoms with E-state index in [9.17, 15) is 0 Å². The van der Waals surface area contributed by atoms with Gasteiger partial charge in [0.2, 0.25) is 0 Å². The highest BCUT2D eigenvalue weighted by atomic mass is 32.1. The summed E-state index contributed by atoms with van der Waals surface area (Å²) in [6, 6.07) is 148. The second-order valence-corrected chi connectivity index (χ2v) is 39.9. The van der Waals surface area contributed by atoms with Gasteiger partial charge in [0.15, 0.2) is 52.4 Å². The second-order valence-electron chi connectivity index (χ2n) is 37.8. The maximum Gasteiger partial charge on any atom is 0.164 e. The van der Waals surface area contributed by atoms with E-state index < -0.39 is 0 Å².